The number of pyridine rings is 1. The van der Waals surface area contributed by atoms with Gasteiger partial charge in [-0.05, 0) is 24.6 Å². The monoisotopic (exact) mass is 293 g/mol. The number of benzene rings is 1. The number of hydrogen-bond donors (Lipinski definition) is 1. The van der Waals surface area contributed by atoms with Crippen LogP contribution < -0.4 is 5.32 Å². The molecule has 0 spiro atoms. The van der Waals surface area contributed by atoms with Crippen LogP contribution in [-0.4, -0.2) is 9.91 Å². The smallest absolute Gasteiger partial charge is 0.288 e. The van der Waals surface area contributed by atoms with Gasteiger partial charge in [0.05, 0.1) is 15.5 Å². The van der Waals surface area contributed by atoms with E-state index in [1.165, 1.54) is 24.0 Å². The summed E-state index contributed by atoms with van der Waals surface area (Å²) < 4.78 is 0. The van der Waals surface area contributed by atoms with Crippen molar-refractivity contribution in [3.8, 4) is 0 Å². The fourth-order valence-corrected chi connectivity index (χ4v) is 3.06. The summed E-state index contributed by atoms with van der Waals surface area (Å²) in [5, 5.41) is 14.6. The van der Waals surface area contributed by atoms with Crippen molar-refractivity contribution in [2.75, 3.05) is 5.32 Å². The van der Waals surface area contributed by atoms with E-state index in [1.54, 1.807) is 0 Å². The van der Waals surface area contributed by atoms with E-state index in [2.05, 4.69) is 10.3 Å². The number of halogens is 1. The van der Waals surface area contributed by atoms with Gasteiger partial charge in [-0.25, -0.2) is 4.98 Å². The van der Waals surface area contributed by atoms with Gasteiger partial charge in [0.2, 0.25) is 0 Å². The highest BCUT2D eigenvalue weighted by Crippen LogP contribution is 2.46. The van der Waals surface area contributed by atoms with Gasteiger partial charge in [-0.1, -0.05) is 23.4 Å². The van der Waals surface area contributed by atoms with Crippen molar-refractivity contribution in [1.82, 2.24) is 4.98 Å². The van der Waals surface area contributed by atoms with Gasteiger partial charge in [0, 0.05) is 16.0 Å². The molecule has 1 aromatic carbocycles. The van der Waals surface area contributed by atoms with Crippen molar-refractivity contribution in [3.05, 3.63) is 45.1 Å². The van der Waals surface area contributed by atoms with Gasteiger partial charge < -0.3 is 5.32 Å². The molecular weight excluding hydrogens is 286 g/mol. The minimum atomic E-state index is -0.448. The van der Waals surface area contributed by atoms with Crippen molar-refractivity contribution in [1.29, 1.82) is 0 Å². The number of nitrogens with zero attached hydrogens (tertiary/aromatic N) is 2. The zero-order chi connectivity index (χ0) is 13.6. The van der Waals surface area contributed by atoms with Gasteiger partial charge in [0.25, 0.3) is 5.69 Å². The summed E-state index contributed by atoms with van der Waals surface area (Å²) in [4.78, 5) is 16.1. The van der Waals surface area contributed by atoms with Crippen molar-refractivity contribution in [2.45, 2.75) is 16.7 Å². The van der Waals surface area contributed by atoms with E-state index in [0.29, 0.717) is 10.8 Å². The second-order valence-electron chi connectivity index (χ2n) is 4.07. The summed E-state index contributed by atoms with van der Waals surface area (Å²) in [6.07, 6.45) is 1.25. The highest BCUT2D eigenvalue weighted by Gasteiger charge is 2.21. The van der Waals surface area contributed by atoms with Crippen LogP contribution in [0.3, 0.4) is 0 Å². The molecule has 0 aliphatic carbocycles. The van der Waals surface area contributed by atoms with Crippen molar-refractivity contribution < 1.29 is 4.92 Å². The Morgan fingerprint density at radius 1 is 1.42 bits per heavy atom. The molecule has 0 bridgehead atoms. The number of nitro groups is 1. The van der Waals surface area contributed by atoms with E-state index >= 15 is 0 Å². The largest absolute Gasteiger partial charge is 0.338 e. The van der Waals surface area contributed by atoms with Crippen LogP contribution in [0.25, 0.3) is 0 Å². The molecule has 0 saturated carbocycles. The van der Waals surface area contributed by atoms with Crippen LogP contribution in [-0.2, 0) is 0 Å². The van der Waals surface area contributed by atoms with Gasteiger partial charge in [0.1, 0.15) is 12.0 Å². The molecule has 19 heavy (non-hydrogen) atoms. The quantitative estimate of drug-likeness (QED) is 0.539. The third-order valence-corrected chi connectivity index (χ3v) is 4.37. The van der Waals surface area contributed by atoms with Gasteiger partial charge in [-0.3, -0.25) is 10.1 Å². The van der Waals surface area contributed by atoms with Crippen LogP contribution in [0.2, 0.25) is 5.02 Å². The molecule has 0 fully saturated rings. The lowest BCUT2D eigenvalue weighted by molar-refractivity contribution is -0.385. The lowest BCUT2D eigenvalue weighted by Gasteiger charge is -2.21. The van der Waals surface area contributed by atoms with E-state index in [0.717, 1.165) is 21.0 Å². The van der Waals surface area contributed by atoms with Crippen molar-refractivity contribution in [2.24, 2.45) is 0 Å². The molecule has 0 atom stereocenters. The Labute approximate surface area is 118 Å². The van der Waals surface area contributed by atoms with Crippen LogP contribution in [0.5, 0.6) is 0 Å². The normalized spacial score (nSPS) is 12.3. The maximum absolute atomic E-state index is 10.7. The number of anilines is 2. The predicted molar refractivity (Wildman–Crippen MR) is 74.5 cm³/mol. The summed E-state index contributed by atoms with van der Waals surface area (Å²) in [5.74, 6) is 0.619. The first-order valence-corrected chi connectivity index (χ1v) is 6.64. The first-order chi connectivity index (χ1) is 9.06. The molecule has 2 heterocycles. The second kappa shape index (κ2) is 4.40. The summed E-state index contributed by atoms with van der Waals surface area (Å²) in [7, 11) is 0. The topological polar surface area (TPSA) is 68.1 Å². The Hall–Kier alpha value is -1.79. The van der Waals surface area contributed by atoms with Crippen LogP contribution in [0.4, 0.5) is 17.2 Å². The second-order valence-corrected chi connectivity index (χ2v) is 5.56. The predicted octanol–water partition coefficient (Wildman–Crippen LogP) is 4.16. The summed E-state index contributed by atoms with van der Waals surface area (Å²) in [6.45, 7) is 1.92. The molecule has 1 N–H and O–H groups in total. The Morgan fingerprint density at radius 3 is 2.95 bits per heavy atom. The minimum absolute atomic E-state index is 0.0119. The SMILES string of the molecule is Cc1c(Cl)ccc2c1Nc1ncc([N+](=O)[O-])cc1S2. The van der Waals surface area contributed by atoms with Gasteiger partial charge in [-0.2, -0.15) is 0 Å². The summed E-state index contributed by atoms with van der Waals surface area (Å²) in [6, 6.07) is 5.23. The van der Waals surface area contributed by atoms with E-state index in [-0.39, 0.29) is 5.69 Å². The molecule has 2 aromatic rings. The molecule has 0 unspecified atom stereocenters. The number of fused-ring (bicyclic) bond motifs is 2. The molecular formula is C12H8ClN3O2S. The Kier molecular flexibility index (Phi) is 2.83. The van der Waals surface area contributed by atoms with Crippen molar-refractivity contribution >= 4 is 40.6 Å². The third-order valence-electron chi connectivity index (χ3n) is 2.87. The minimum Gasteiger partial charge on any atom is -0.338 e. The number of hydrogen-bond acceptors (Lipinski definition) is 5. The van der Waals surface area contributed by atoms with Gasteiger partial charge in [0.15, 0.2) is 0 Å². The lowest BCUT2D eigenvalue weighted by atomic mass is 10.2. The maximum atomic E-state index is 10.7. The molecule has 0 saturated heterocycles. The molecule has 7 heteroatoms. The molecule has 1 aliphatic heterocycles. The lowest BCUT2D eigenvalue weighted by Crippen LogP contribution is -2.04. The average Bonchev–Trinajstić information content (AvgIpc) is 2.41. The van der Waals surface area contributed by atoms with Crippen LogP contribution in [0.1, 0.15) is 5.56 Å². The molecule has 0 amide bonds. The average molecular weight is 294 g/mol. The standard InChI is InChI=1S/C12H8ClN3O2S/c1-6-8(13)2-3-9-11(6)15-12-10(19-9)4-7(5-14-12)16(17)18/h2-5H,1H3,(H,14,15). The molecule has 0 radical (unpaired) electrons. The molecule has 5 nitrogen and oxygen atoms in total. The maximum Gasteiger partial charge on any atom is 0.288 e. The molecule has 3 rings (SSSR count). The van der Waals surface area contributed by atoms with Crippen LogP contribution in [0.15, 0.2) is 34.2 Å². The van der Waals surface area contributed by atoms with Gasteiger partial charge in [-0.15, -0.1) is 0 Å². The highest BCUT2D eigenvalue weighted by atomic mass is 35.5. The molecule has 1 aromatic heterocycles. The Bertz CT molecular complexity index is 706. The van der Waals surface area contributed by atoms with E-state index in [1.807, 2.05) is 19.1 Å². The molecule has 1 aliphatic rings. The fourth-order valence-electron chi connectivity index (χ4n) is 1.84. The zero-order valence-corrected chi connectivity index (χ0v) is 11.4. The van der Waals surface area contributed by atoms with Gasteiger partial charge >= 0.3 is 0 Å². The highest BCUT2D eigenvalue weighted by molar-refractivity contribution is 7.99. The Balaban J connectivity index is 2.09. The van der Waals surface area contributed by atoms with E-state index in [4.69, 9.17) is 11.6 Å². The zero-order valence-electron chi connectivity index (χ0n) is 9.81. The Morgan fingerprint density at radius 2 is 2.21 bits per heavy atom. The van der Waals surface area contributed by atoms with Crippen LogP contribution >= 0.6 is 23.4 Å². The van der Waals surface area contributed by atoms with E-state index < -0.39 is 4.92 Å². The molecule has 96 valence electrons. The summed E-state index contributed by atoms with van der Waals surface area (Å²) in [5.41, 5.74) is 1.84. The number of aromatic nitrogens is 1. The summed E-state index contributed by atoms with van der Waals surface area (Å²) >= 11 is 7.53. The first kappa shape index (κ1) is 12.3. The van der Waals surface area contributed by atoms with Crippen molar-refractivity contribution in [3.63, 3.8) is 0 Å². The number of rotatable bonds is 1. The number of nitrogens with one attached hydrogen (secondary N) is 1. The first-order valence-electron chi connectivity index (χ1n) is 5.44. The fraction of sp³-hybridized carbons (Fsp3) is 0.0833. The van der Waals surface area contributed by atoms with Crippen LogP contribution in [0, 0.1) is 17.0 Å². The third kappa shape index (κ3) is 2.02. The van der Waals surface area contributed by atoms with E-state index in [9.17, 15) is 10.1 Å².